The van der Waals surface area contributed by atoms with Crippen LogP contribution in [0.15, 0.2) is 91.1 Å². The molecule has 1 unspecified atom stereocenters. The fourth-order valence-electron chi connectivity index (χ4n) is 8.07. The summed E-state index contributed by atoms with van der Waals surface area (Å²) in [5, 5.41) is 14.1. The maximum atomic E-state index is 14.2. The van der Waals surface area contributed by atoms with Gasteiger partial charge in [0.15, 0.2) is 17.6 Å². The number of hydrogen-bond acceptors (Lipinski definition) is 7. The van der Waals surface area contributed by atoms with Gasteiger partial charge in [-0.2, -0.15) is 0 Å². The van der Waals surface area contributed by atoms with Crippen LogP contribution in [0.4, 0.5) is 4.79 Å². The molecule has 60 heavy (non-hydrogen) atoms. The first-order valence-corrected chi connectivity index (χ1v) is 21.0. The number of pyridine rings is 1. The zero-order chi connectivity index (χ0) is 41.9. The lowest BCUT2D eigenvalue weighted by atomic mass is 9.92. The van der Waals surface area contributed by atoms with Crippen molar-refractivity contribution in [2.75, 3.05) is 19.7 Å². The number of halogens is 2. The van der Waals surface area contributed by atoms with Crippen LogP contribution in [0.3, 0.4) is 0 Å². The predicted octanol–water partition coefficient (Wildman–Crippen LogP) is 8.91. The summed E-state index contributed by atoms with van der Waals surface area (Å²) in [6.07, 6.45) is 4.47. The molecule has 0 aliphatic carbocycles. The highest BCUT2D eigenvalue weighted by molar-refractivity contribution is 6.42. The van der Waals surface area contributed by atoms with Crippen LogP contribution in [0.25, 0.3) is 11.1 Å². The first kappa shape index (κ1) is 41.0. The topological polar surface area (TPSA) is 131 Å². The summed E-state index contributed by atoms with van der Waals surface area (Å²) < 4.78 is 18.7. The molecule has 4 heterocycles. The molecule has 0 spiro atoms. The Morgan fingerprint density at radius 1 is 0.883 bits per heavy atom. The van der Waals surface area contributed by atoms with Crippen LogP contribution in [0.1, 0.15) is 64.4 Å². The molecule has 1 saturated heterocycles. The van der Waals surface area contributed by atoms with Gasteiger partial charge in [0.1, 0.15) is 31.0 Å². The van der Waals surface area contributed by atoms with Crippen LogP contribution in [0, 0.1) is 13.8 Å². The quantitative estimate of drug-likeness (QED) is 0.143. The van der Waals surface area contributed by atoms with Crippen molar-refractivity contribution in [3.05, 3.63) is 140 Å². The number of rotatable bonds is 10. The number of aryl methyl sites for hydroxylation is 1. The number of nitrogens with one attached hydrogen (secondary N) is 1. The van der Waals surface area contributed by atoms with Crippen molar-refractivity contribution in [2.45, 2.75) is 77.3 Å². The molecule has 0 saturated carbocycles. The minimum absolute atomic E-state index is 0.0768. The highest BCUT2D eigenvalue weighted by Gasteiger charge is 2.39. The lowest BCUT2D eigenvalue weighted by Crippen LogP contribution is -2.58. The Morgan fingerprint density at radius 3 is 2.35 bits per heavy atom. The fourth-order valence-corrected chi connectivity index (χ4v) is 8.39. The molecule has 3 amide bonds. The third-order valence-electron chi connectivity index (χ3n) is 11.6. The summed E-state index contributed by atoms with van der Waals surface area (Å²) in [5.74, 6) is 0.105. The van der Waals surface area contributed by atoms with Gasteiger partial charge in [-0.3, -0.25) is 9.78 Å². The third-order valence-corrected chi connectivity index (χ3v) is 12.4. The fraction of sp³-hybridized carbons (Fsp3) is 0.319. The molecule has 310 valence electrons. The molecule has 8 rings (SSSR count). The Morgan fingerprint density at radius 2 is 1.62 bits per heavy atom. The summed E-state index contributed by atoms with van der Waals surface area (Å²) >= 11 is 12.2. The van der Waals surface area contributed by atoms with Crippen molar-refractivity contribution in [1.29, 1.82) is 0 Å². The summed E-state index contributed by atoms with van der Waals surface area (Å²) in [7, 11) is 0. The number of ether oxygens (including phenoxy) is 3. The number of fused-ring (bicyclic) bond motifs is 2. The molecule has 3 aliphatic heterocycles. The number of benzene rings is 4. The van der Waals surface area contributed by atoms with Crippen LogP contribution >= 0.6 is 23.2 Å². The molecule has 13 heteroatoms. The van der Waals surface area contributed by atoms with Gasteiger partial charge in [0.25, 0.3) is 0 Å². The maximum Gasteiger partial charge on any atom is 0.326 e. The second-order valence-corrected chi connectivity index (χ2v) is 16.5. The molecule has 5 aromatic rings. The number of carboxylic acid groups (broad SMARTS) is 1. The normalized spacial score (nSPS) is 17.7. The van der Waals surface area contributed by atoms with Crippen LogP contribution in [-0.2, 0) is 35.6 Å². The standard InChI is InChI=1S/C47H46Cl2N4O7/c1-28-29(2)50-17-16-37(28)32-9-6-30(7-10-32)21-40(46(55)56)51-45(54)41-22-34-23-42-43(24-35(34)25-53(41)47(57)52-18-4-3-5-19-52)60-44(27-59-42)33-11-13-36(14-12-33)58-26-31-8-15-38(48)39(49)20-31/h6-17,20,23-24,40-41,44H,3-5,18-19,21-22,25-27H2,1-2H3,(H,51,54)(H,55,56)/t40-,41?,44+/m0/s1. The van der Waals surface area contributed by atoms with E-state index in [1.807, 2.05) is 86.6 Å². The van der Waals surface area contributed by atoms with E-state index in [1.165, 1.54) is 0 Å². The number of aromatic nitrogens is 1. The van der Waals surface area contributed by atoms with E-state index < -0.39 is 24.0 Å². The van der Waals surface area contributed by atoms with E-state index in [4.69, 9.17) is 37.4 Å². The molecule has 0 bridgehead atoms. The van der Waals surface area contributed by atoms with Gasteiger partial charge in [0.2, 0.25) is 5.91 Å². The summed E-state index contributed by atoms with van der Waals surface area (Å²) in [6.45, 7) is 5.95. The highest BCUT2D eigenvalue weighted by Crippen LogP contribution is 2.41. The second-order valence-electron chi connectivity index (χ2n) is 15.6. The van der Waals surface area contributed by atoms with Crippen molar-refractivity contribution >= 4 is 41.1 Å². The van der Waals surface area contributed by atoms with Gasteiger partial charge in [0, 0.05) is 44.4 Å². The molecule has 1 fully saturated rings. The Kier molecular flexibility index (Phi) is 12.2. The molecule has 11 nitrogen and oxygen atoms in total. The summed E-state index contributed by atoms with van der Waals surface area (Å²) in [5.41, 5.74) is 8.32. The SMILES string of the molecule is Cc1nccc(-c2ccc(C[C@H](NC(=O)C3Cc4cc5c(cc4CN3C(=O)N3CCCCC3)O[C@@H](c3ccc(OCc4ccc(Cl)c(Cl)c4)cc3)CO5)C(=O)O)cc2)c1C. The first-order chi connectivity index (χ1) is 29.0. The zero-order valence-electron chi connectivity index (χ0n) is 33.5. The van der Waals surface area contributed by atoms with E-state index >= 15 is 0 Å². The first-order valence-electron chi connectivity index (χ1n) is 20.2. The Hall–Kier alpha value is -5.78. The van der Waals surface area contributed by atoms with E-state index in [0.29, 0.717) is 47.0 Å². The number of nitrogens with zero attached hydrogens (tertiary/aromatic N) is 3. The van der Waals surface area contributed by atoms with E-state index in [0.717, 1.165) is 69.5 Å². The van der Waals surface area contributed by atoms with Gasteiger partial charge in [-0.25, -0.2) is 9.59 Å². The zero-order valence-corrected chi connectivity index (χ0v) is 35.0. The van der Waals surface area contributed by atoms with Gasteiger partial charge in [-0.15, -0.1) is 0 Å². The number of carboxylic acids is 1. The third kappa shape index (κ3) is 9.02. The van der Waals surface area contributed by atoms with Crippen molar-refractivity contribution in [3.8, 4) is 28.4 Å². The van der Waals surface area contributed by atoms with Crippen LogP contribution in [0.5, 0.6) is 17.2 Å². The number of aliphatic carboxylic acids is 1. The number of likely N-dealkylation sites (tertiary alicyclic amines) is 1. The number of piperidine rings is 1. The molecule has 2 N–H and O–H groups in total. The van der Waals surface area contributed by atoms with E-state index in [9.17, 15) is 19.5 Å². The van der Waals surface area contributed by atoms with Gasteiger partial charge in [-0.1, -0.05) is 65.7 Å². The maximum absolute atomic E-state index is 14.2. The predicted molar refractivity (Wildman–Crippen MR) is 229 cm³/mol. The minimum atomic E-state index is -1.21. The number of carbonyl (C=O) groups is 3. The van der Waals surface area contributed by atoms with Crippen LogP contribution in [-0.4, -0.2) is 69.6 Å². The van der Waals surface area contributed by atoms with Crippen molar-refractivity contribution in [1.82, 2.24) is 20.1 Å². The molecule has 0 radical (unpaired) electrons. The number of hydrogen-bond donors (Lipinski definition) is 2. The van der Waals surface area contributed by atoms with E-state index in [1.54, 1.807) is 28.1 Å². The average molecular weight is 850 g/mol. The lowest BCUT2D eigenvalue weighted by molar-refractivity contribution is -0.142. The van der Waals surface area contributed by atoms with Crippen molar-refractivity contribution in [2.24, 2.45) is 0 Å². The molecular weight excluding hydrogens is 803 g/mol. The Labute approximate surface area is 359 Å². The Bertz CT molecular complexity index is 2400. The van der Waals surface area contributed by atoms with E-state index in [2.05, 4.69) is 10.3 Å². The minimum Gasteiger partial charge on any atom is -0.489 e. The van der Waals surface area contributed by atoms with Gasteiger partial charge in [0.05, 0.1) is 10.0 Å². The number of amides is 3. The van der Waals surface area contributed by atoms with Crippen molar-refractivity contribution in [3.63, 3.8) is 0 Å². The highest BCUT2D eigenvalue weighted by atomic mass is 35.5. The van der Waals surface area contributed by atoms with Crippen LogP contribution < -0.4 is 19.5 Å². The van der Waals surface area contributed by atoms with Gasteiger partial charge >= 0.3 is 12.0 Å². The molecule has 3 atom stereocenters. The van der Waals surface area contributed by atoms with E-state index in [-0.39, 0.29) is 38.1 Å². The summed E-state index contributed by atoms with van der Waals surface area (Å²) in [6, 6.07) is 24.1. The molecule has 3 aliphatic rings. The second kappa shape index (κ2) is 17.8. The number of carbonyl (C=O) groups excluding carboxylic acids is 2. The van der Waals surface area contributed by atoms with Crippen LogP contribution in [0.2, 0.25) is 10.0 Å². The average Bonchev–Trinajstić information content (AvgIpc) is 3.26. The molecule has 4 aromatic carbocycles. The van der Waals surface area contributed by atoms with Crippen molar-refractivity contribution < 1.29 is 33.7 Å². The molecule has 1 aromatic heterocycles. The number of urea groups is 1. The monoisotopic (exact) mass is 848 g/mol. The van der Waals surface area contributed by atoms with Gasteiger partial charge in [-0.05, 0) is 120 Å². The lowest BCUT2D eigenvalue weighted by Gasteiger charge is -2.41. The largest absolute Gasteiger partial charge is 0.489 e. The smallest absolute Gasteiger partial charge is 0.326 e. The van der Waals surface area contributed by atoms with Gasteiger partial charge < -0.3 is 34.4 Å². The molecular formula is C47H46Cl2N4O7. The Balaban J connectivity index is 0.971. The summed E-state index contributed by atoms with van der Waals surface area (Å²) in [4.78, 5) is 48.7.